The first-order valence-electron chi connectivity index (χ1n) is 7.62. The van der Waals surface area contributed by atoms with Gasteiger partial charge < -0.3 is 9.47 Å². The van der Waals surface area contributed by atoms with E-state index in [0.29, 0.717) is 5.82 Å². The molecule has 2 aromatic carbocycles. The number of fused-ring (bicyclic) bond motifs is 1. The van der Waals surface area contributed by atoms with Crippen LogP contribution in [-0.4, -0.2) is 29.9 Å². The molecule has 0 aliphatic rings. The molecule has 1 heterocycles. The summed E-state index contributed by atoms with van der Waals surface area (Å²) in [6.45, 7) is 0.250. The van der Waals surface area contributed by atoms with Crippen LogP contribution in [0.5, 0.6) is 0 Å². The lowest BCUT2D eigenvalue weighted by Crippen LogP contribution is -2.22. The molecular weight excluding hydrogens is 358 g/mol. The number of nitrogens with zero attached hydrogens (tertiary/aromatic N) is 4. The van der Waals surface area contributed by atoms with Gasteiger partial charge in [0.25, 0.3) is 0 Å². The molecule has 0 fully saturated rings. The second-order valence-corrected chi connectivity index (χ2v) is 7.39. The van der Waals surface area contributed by atoms with Gasteiger partial charge >= 0.3 is 5.69 Å². The van der Waals surface area contributed by atoms with Crippen LogP contribution >= 0.6 is 0 Å². The topological polar surface area (TPSA) is 124 Å². The summed E-state index contributed by atoms with van der Waals surface area (Å²) in [7, 11) is -0.737. The van der Waals surface area contributed by atoms with Crippen molar-refractivity contribution in [3.05, 3.63) is 58.4 Å². The summed E-state index contributed by atoms with van der Waals surface area (Å²) in [4.78, 5) is 16.3. The Morgan fingerprint density at radius 3 is 2.54 bits per heavy atom. The largest absolute Gasteiger partial charge is 0.362 e. The molecule has 0 spiro atoms. The Morgan fingerprint density at radius 1 is 1.23 bits per heavy atom. The third-order valence-corrected chi connectivity index (χ3v) is 5.08. The van der Waals surface area contributed by atoms with Gasteiger partial charge in [0.1, 0.15) is 11.5 Å². The number of benzene rings is 2. The van der Waals surface area contributed by atoms with E-state index in [1.807, 2.05) is 35.9 Å². The zero-order valence-corrected chi connectivity index (χ0v) is 15.0. The number of hydrogen-bond donors (Lipinski definition) is 1. The Morgan fingerprint density at radius 2 is 1.92 bits per heavy atom. The number of nitrogens with two attached hydrogens (primary N) is 1. The summed E-state index contributed by atoms with van der Waals surface area (Å²) in [5.74, 6) is 0.684. The summed E-state index contributed by atoms with van der Waals surface area (Å²) >= 11 is 0. The highest BCUT2D eigenvalue weighted by Crippen LogP contribution is 2.34. The van der Waals surface area contributed by atoms with Crippen molar-refractivity contribution in [1.29, 1.82) is 0 Å². The lowest BCUT2D eigenvalue weighted by atomic mass is 10.2. The predicted molar refractivity (Wildman–Crippen MR) is 97.3 cm³/mol. The molecule has 136 valence electrons. The van der Waals surface area contributed by atoms with Crippen molar-refractivity contribution in [3.63, 3.8) is 0 Å². The number of imidazole rings is 1. The number of para-hydroxylation sites is 3. The second-order valence-electron chi connectivity index (χ2n) is 5.86. The Kier molecular flexibility index (Phi) is 4.38. The first kappa shape index (κ1) is 17.8. The zero-order chi connectivity index (χ0) is 19.1. The molecule has 0 aliphatic carbocycles. The number of rotatable bonds is 5. The minimum Gasteiger partial charge on any atom is -0.362 e. The minimum absolute atomic E-state index is 0.147. The average Bonchev–Trinajstić information content (AvgIpc) is 2.89. The van der Waals surface area contributed by atoms with E-state index in [1.54, 1.807) is 11.9 Å². The molecule has 2 N–H and O–H groups in total. The zero-order valence-electron chi connectivity index (χ0n) is 14.2. The van der Waals surface area contributed by atoms with Gasteiger partial charge in [-0.2, -0.15) is 0 Å². The maximum absolute atomic E-state index is 11.7. The van der Waals surface area contributed by atoms with Gasteiger partial charge in [-0.3, -0.25) is 10.1 Å². The van der Waals surface area contributed by atoms with E-state index >= 15 is 0 Å². The monoisotopic (exact) mass is 375 g/mol. The van der Waals surface area contributed by atoms with Crippen LogP contribution in [0.3, 0.4) is 0 Å². The third kappa shape index (κ3) is 3.11. The van der Waals surface area contributed by atoms with Crippen molar-refractivity contribution in [2.45, 2.75) is 11.4 Å². The summed E-state index contributed by atoms with van der Waals surface area (Å²) in [5.41, 5.74) is 1.35. The molecule has 0 saturated carbocycles. The molecule has 0 saturated heterocycles. The van der Waals surface area contributed by atoms with E-state index in [1.165, 1.54) is 12.1 Å². The van der Waals surface area contributed by atoms with Crippen molar-refractivity contribution in [2.24, 2.45) is 12.2 Å². The van der Waals surface area contributed by atoms with Crippen molar-refractivity contribution >= 4 is 32.4 Å². The van der Waals surface area contributed by atoms with Crippen LogP contribution in [0.25, 0.3) is 11.0 Å². The maximum atomic E-state index is 11.7. The Hall–Kier alpha value is -2.98. The number of nitro groups is 1. The molecule has 0 bridgehead atoms. The van der Waals surface area contributed by atoms with Crippen molar-refractivity contribution in [1.82, 2.24) is 9.55 Å². The number of anilines is 1. The molecule has 0 unspecified atom stereocenters. The summed E-state index contributed by atoms with van der Waals surface area (Å²) in [5, 5.41) is 16.6. The molecule has 9 nitrogen and oxygen atoms in total. The van der Waals surface area contributed by atoms with E-state index in [-0.39, 0.29) is 12.2 Å². The van der Waals surface area contributed by atoms with Crippen LogP contribution in [0.4, 0.5) is 11.4 Å². The first-order chi connectivity index (χ1) is 12.2. The number of nitro benzene ring substituents is 1. The SMILES string of the molecule is CN(Cc1nc2ccccc2n1C)c1cccc(S(N)(=O)=O)c1[N+](=O)[O-]. The van der Waals surface area contributed by atoms with Crippen LogP contribution in [0.15, 0.2) is 47.4 Å². The molecule has 0 aliphatic heterocycles. The molecule has 3 rings (SSSR count). The molecule has 0 atom stereocenters. The fraction of sp³-hybridized carbons (Fsp3) is 0.188. The summed E-state index contributed by atoms with van der Waals surface area (Å²) in [6.07, 6.45) is 0. The smallest absolute Gasteiger partial charge is 0.312 e. The third-order valence-electron chi connectivity index (χ3n) is 4.14. The number of aromatic nitrogens is 2. The van der Waals surface area contributed by atoms with Crippen LogP contribution in [0.1, 0.15) is 5.82 Å². The highest BCUT2D eigenvalue weighted by atomic mass is 32.2. The fourth-order valence-corrected chi connectivity index (χ4v) is 3.58. The first-order valence-corrected chi connectivity index (χ1v) is 9.16. The van der Waals surface area contributed by atoms with Gasteiger partial charge in [-0.05, 0) is 24.3 Å². The van der Waals surface area contributed by atoms with Crippen molar-refractivity contribution in [3.8, 4) is 0 Å². The number of primary sulfonamides is 1. The number of aryl methyl sites for hydroxylation is 1. The molecule has 26 heavy (non-hydrogen) atoms. The molecule has 0 amide bonds. The highest BCUT2D eigenvalue weighted by Gasteiger charge is 2.28. The van der Waals surface area contributed by atoms with Crippen molar-refractivity contribution in [2.75, 3.05) is 11.9 Å². The van der Waals surface area contributed by atoms with Gasteiger partial charge in [0.05, 0.1) is 22.5 Å². The predicted octanol–water partition coefficient (Wildman–Crippen LogP) is 1.77. The van der Waals surface area contributed by atoms with Gasteiger partial charge in [0, 0.05) is 14.1 Å². The van der Waals surface area contributed by atoms with Crippen LogP contribution in [0.2, 0.25) is 0 Å². The Labute approximate surface area is 149 Å². The lowest BCUT2D eigenvalue weighted by molar-refractivity contribution is -0.387. The normalized spacial score (nSPS) is 11.7. The summed E-state index contributed by atoms with van der Waals surface area (Å²) in [6, 6.07) is 11.6. The highest BCUT2D eigenvalue weighted by molar-refractivity contribution is 7.89. The molecular formula is C16H17N5O4S. The van der Waals surface area contributed by atoms with E-state index in [4.69, 9.17) is 5.14 Å². The van der Waals surface area contributed by atoms with Gasteiger partial charge in [0.2, 0.25) is 10.0 Å². The van der Waals surface area contributed by atoms with Gasteiger partial charge in [-0.1, -0.05) is 18.2 Å². The second kappa shape index (κ2) is 6.39. The molecule has 3 aromatic rings. The van der Waals surface area contributed by atoms with Gasteiger partial charge in [0.15, 0.2) is 4.90 Å². The van der Waals surface area contributed by atoms with Gasteiger partial charge in [-0.15, -0.1) is 0 Å². The van der Waals surface area contributed by atoms with Crippen LogP contribution in [0, 0.1) is 10.1 Å². The quantitative estimate of drug-likeness (QED) is 0.535. The summed E-state index contributed by atoms with van der Waals surface area (Å²) < 4.78 is 25.3. The molecule has 10 heteroatoms. The van der Waals surface area contributed by atoms with Crippen LogP contribution in [-0.2, 0) is 23.6 Å². The number of hydrogen-bond acceptors (Lipinski definition) is 6. The standard InChI is InChI=1S/C16H17N5O4S/c1-19(10-15-18-11-6-3-4-7-12(11)20(15)2)13-8-5-9-14(26(17,24)25)16(13)21(22)23/h3-9H,10H2,1-2H3,(H2,17,24,25). The van der Waals surface area contributed by atoms with E-state index in [0.717, 1.165) is 17.1 Å². The number of sulfonamides is 1. The Bertz CT molecular complexity index is 1110. The average molecular weight is 375 g/mol. The van der Waals surface area contributed by atoms with E-state index in [9.17, 15) is 18.5 Å². The molecule has 0 radical (unpaired) electrons. The molecule has 1 aromatic heterocycles. The van der Waals surface area contributed by atoms with Crippen LogP contribution < -0.4 is 10.0 Å². The van der Waals surface area contributed by atoms with E-state index < -0.39 is 25.5 Å². The van der Waals surface area contributed by atoms with Crippen molar-refractivity contribution < 1.29 is 13.3 Å². The Balaban J connectivity index is 2.06. The minimum atomic E-state index is -4.23. The van der Waals surface area contributed by atoms with Gasteiger partial charge in [-0.25, -0.2) is 18.5 Å². The maximum Gasteiger partial charge on any atom is 0.312 e. The van der Waals surface area contributed by atoms with E-state index in [2.05, 4.69) is 4.98 Å². The fourth-order valence-electron chi connectivity index (χ4n) is 2.87. The lowest BCUT2D eigenvalue weighted by Gasteiger charge is -2.19.